The third-order valence-electron chi connectivity index (χ3n) is 5.84. The van der Waals surface area contributed by atoms with Crippen molar-refractivity contribution in [3.8, 4) is 5.75 Å². The molecule has 2 aliphatic heterocycles. The second-order valence-corrected chi connectivity index (χ2v) is 10.4. The van der Waals surface area contributed by atoms with Gasteiger partial charge in [0, 0.05) is 30.1 Å². The zero-order valence-corrected chi connectivity index (χ0v) is 18.4. The largest absolute Gasteiger partial charge is 0.495 e. The predicted octanol–water partition coefficient (Wildman–Crippen LogP) is 3.69. The van der Waals surface area contributed by atoms with Crippen molar-refractivity contribution >= 4 is 27.3 Å². The maximum atomic E-state index is 13.4. The Labute approximate surface area is 176 Å². The van der Waals surface area contributed by atoms with Crippen molar-refractivity contribution < 1.29 is 17.9 Å². The highest BCUT2D eigenvalue weighted by molar-refractivity contribution is 7.89. The van der Waals surface area contributed by atoms with Gasteiger partial charge in [-0.05, 0) is 60.9 Å². The van der Waals surface area contributed by atoms with E-state index < -0.39 is 10.0 Å². The Balaban J connectivity index is 1.69. The number of methoxy groups -OCH3 is 1. The fraction of sp³-hybridized carbons (Fsp3) is 0.476. The average Bonchev–Trinajstić information content (AvgIpc) is 3.44. The van der Waals surface area contributed by atoms with Gasteiger partial charge in [0.15, 0.2) is 0 Å². The summed E-state index contributed by atoms with van der Waals surface area (Å²) in [6.07, 6.45) is 3.37. The van der Waals surface area contributed by atoms with Crippen molar-refractivity contribution in [2.45, 2.75) is 43.5 Å². The van der Waals surface area contributed by atoms with Gasteiger partial charge in [-0.15, -0.1) is 11.3 Å². The number of carbonyl (C=O) groups is 1. The van der Waals surface area contributed by atoms with Crippen LogP contribution in [-0.4, -0.2) is 50.3 Å². The second-order valence-electron chi connectivity index (χ2n) is 7.45. The molecule has 1 fully saturated rings. The quantitative estimate of drug-likeness (QED) is 0.720. The Bertz CT molecular complexity index is 1010. The van der Waals surface area contributed by atoms with Crippen LogP contribution in [0.2, 0.25) is 0 Å². The molecule has 2 aliphatic rings. The van der Waals surface area contributed by atoms with Crippen molar-refractivity contribution in [3.63, 3.8) is 0 Å². The van der Waals surface area contributed by atoms with Crippen molar-refractivity contribution in [3.05, 3.63) is 45.6 Å². The van der Waals surface area contributed by atoms with Crippen LogP contribution in [0.15, 0.2) is 34.5 Å². The fourth-order valence-electron chi connectivity index (χ4n) is 4.32. The van der Waals surface area contributed by atoms with Gasteiger partial charge in [-0.3, -0.25) is 4.79 Å². The van der Waals surface area contributed by atoms with Crippen LogP contribution in [0.25, 0.3) is 0 Å². The number of sulfonamides is 1. The Morgan fingerprint density at radius 3 is 2.66 bits per heavy atom. The summed E-state index contributed by atoms with van der Waals surface area (Å²) in [6, 6.07) is 6.88. The van der Waals surface area contributed by atoms with Gasteiger partial charge in [-0.1, -0.05) is 6.92 Å². The molecule has 0 aliphatic carbocycles. The van der Waals surface area contributed by atoms with Gasteiger partial charge < -0.3 is 9.64 Å². The van der Waals surface area contributed by atoms with Crippen LogP contribution in [0.5, 0.6) is 5.75 Å². The monoisotopic (exact) mass is 434 g/mol. The van der Waals surface area contributed by atoms with Crippen LogP contribution in [0, 0.1) is 0 Å². The van der Waals surface area contributed by atoms with Crippen LogP contribution < -0.4 is 4.74 Å². The zero-order valence-electron chi connectivity index (χ0n) is 16.8. The van der Waals surface area contributed by atoms with E-state index in [9.17, 15) is 13.2 Å². The van der Waals surface area contributed by atoms with Crippen LogP contribution >= 0.6 is 11.3 Å². The zero-order chi connectivity index (χ0) is 20.6. The molecule has 4 rings (SSSR count). The molecule has 3 heterocycles. The first-order valence-corrected chi connectivity index (χ1v) is 12.3. The van der Waals surface area contributed by atoms with Crippen molar-refractivity contribution in [2.75, 3.05) is 26.7 Å². The van der Waals surface area contributed by atoms with E-state index in [0.717, 1.165) is 25.7 Å². The molecule has 0 bridgehead atoms. The number of carbonyl (C=O) groups excluding carboxylic acids is 1. The van der Waals surface area contributed by atoms with E-state index >= 15 is 0 Å². The highest BCUT2D eigenvalue weighted by Crippen LogP contribution is 2.37. The number of thiophene rings is 1. The second kappa shape index (κ2) is 8.08. The number of benzene rings is 1. The number of amides is 1. The molecule has 2 aromatic rings. The SMILES string of the molecule is CCC1c2ccsc2CCN1C(=O)c1ccc(OC)c(S(=O)(=O)N2CCCC2)c1. The van der Waals surface area contributed by atoms with E-state index in [2.05, 4.69) is 18.4 Å². The molecule has 0 spiro atoms. The lowest BCUT2D eigenvalue weighted by molar-refractivity contribution is 0.0657. The van der Waals surface area contributed by atoms with Crippen LogP contribution in [0.1, 0.15) is 53.0 Å². The Hall–Kier alpha value is -1.90. The Kier molecular flexibility index (Phi) is 5.68. The molecule has 0 radical (unpaired) electrons. The first kappa shape index (κ1) is 20.4. The summed E-state index contributed by atoms with van der Waals surface area (Å²) in [7, 11) is -2.23. The van der Waals surface area contributed by atoms with Gasteiger partial charge in [0.1, 0.15) is 10.6 Å². The summed E-state index contributed by atoms with van der Waals surface area (Å²) >= 11 is 1.74. The molecule has 1 aromatic carbocycles. The van der Waals surface area contributed by atoms with Gasteiger partial charge in [-0.25, -0.2) is 8.42 Å². The highest BCUT2D eigenvalue weighted by Gasteiger charge is 2.34. The van der Waals surface area contributed by atoms with E-state index in [0.29, 0.717) is 25.2 Å². The van der Waals surface area contributed by atoms with Gasteiger partial charge in [0.2, 0.25) is 10.0 Å². The van der Waals surface area contributed by atoms with Crippen molar-refractivity contribution in [1.29, 1.82) is 0 Å². The molecule has 1 saturated heterocycles. The maximum Gasteiger partial charge on any atom is 0.254 e. The minimum Gasteiger partial charge on any atom is -0.495 e. The van der Waals surface area contributed by atoms with Gasteiger partial charge in [0.25, 0.3) is 5.91 Å². The molecule has 1 atom stereocenters. The standard InChI is InChI=1S/C21H26N2O4S2/c1-3-17-16-9-13-28-19(16)8-12-23(17)21(24)15-6-7-18(27-2)20(14-15)29(25,26)22-10-4-5-11-22/h6-7,9,13-14,17H,3-5,8,10-12H2,1-2H3. The summed E-state index contributed by atoms with van der Waals surface area (Å²) in [5.74, 6) is 0.147. The minimum absolute atomic E-state index is 0.0261. The smallest absolute Gasteiger partial charge is 0.254 e. The Morgan fingerprint density at radius 2 is 1.97 bits per heavy atom. The lowest BCUT2D eigenvalue weighted by Crippen LogP contribution is -2.39. The molecular formula is C21H26N2O4S2. The molecule has 0 N–H and O–H groups in total. The predicted molar refractivity (Wildman–Crippen MR) is 113 cm³/mol. The van der Waals surface area contributed by atoms with Crippen LogP contribution in [0.4, 0.5) is 0 Å². The maximum absolute atomic E-state index is 13.4. The summed E-state index contributed by atoms with van der Waals surface area (Å²) < 4.78 is 33.1. The van der Waals surface area contributed by atoms with Crippen LogP contribution in [-0.2, 0) is 16.4 Å². The van der Waals surface area contributed by atoms with E-state index in [4.69, 9.17) is 4.74 Å². The topological polar surface area (TPSA) is 66.9 Å². The first-order chi connectivity index (χ1) is 14.0. The number of rotatable bonds is 5. The first-order valence-electron chi connectivity index (χ1n) is 10.0. The molecule has 8 heteroatoms. The van der Waals surface area contributed by atoms with E-state index in [1.165, 1.54) is 27.9 Å². The van der Waals surface area contributed by atoms with E-state index in [-0.39, 0.29) is 22.6 Å². The summed E-state index contributed by atoms with van der Waals surface area (Å²) in [4.78, 5) is 16.7. The molecule has 1 unspecified atom stereocenters. The Morgan fingerprint density at radius 1 is 1.21 bits per heavy atom. The number of nitrogens with zero attached hydrogens (tertiary/aromatic N) is 2. The molecule has 0 saturated carbocycles. The third kappa shape index (κ3) is 3.58. The molecule has 1 amide bonds. The number of hydrogen-bond acceptors (Lipinski definition) is 5. The van der Waals surface area contributed by atoms with Crippen molar-refractivity contribution in [2.24, 2.45) is 0 Å². The van der Waals surface area contributed by atoms with Crippen molar-refractivity contribution in [1.82, 2.24) is 9.21 Å². The molecule has 6 nitrogen and oxygen atoms in total. The lowest BCUT2D eigenvalue weighted by Gasteiger charge is -2.35. The number of fused-ring (bicyclic) bond motifs is 1. The van der Waals surface area contributed by atoms with Gasteiger partial charge in [-0.2, -0.15) is 4.31 Å². The van der Waals surface area contributed by atoms with Gasteiger partial charge in [0.05, 0.1) is 13.2 Å². The normalized spacial score (nSPS) is 19.9. The number of hydrogen-bond donors (Lipinski definition) is 0. The summed E-state index contributed by atoms with van der Waals surface area (Å²) in [5.41, 5.74) is 1.61. The molecule has 1 aromatic heterocycles. The third-order valence-corrected chi connectivity index (χ3v) is 8.75. The summed E-state index contributed by atoms with van der Waals surface area (Å²) in [5, 5.41) is 2.08. The van der Waals surface area contributed by atoms with E-state index in [1.807, 2.05) is 4.90 Å². The molecule has 29 heavy (non-hydrogen) atoms. The fourth-order valence-corrected chi connectivity index (χ4v) is 6.95. The van der Waals surface area contributed by atoms with Gasteiger partial charge >= 0.3 is 0 Å². The van der Waals surface area contributed by atoms with Crippen LogP contribution in [0.3, 0.4) is 0 Å². The minimum atomic E-state index is -3.69. The van der Waals surface area contributed by atoms with E-state index in [1.54, 1.807) is 23.5 Å². The lowest BCUT2D eigenvalue weighted by atomic mass is 9.97. The molecular weight excluding hydrogens is 408 g/mol. The highest BCUT2D eigenvalue weighted by atomic mass is 32.2. The number of ether oxygens (including phenoxy) is 1. The summed E-state index contributed by atoms with van der Waals surface area (Å²) in [6.45, 7) is 3.74. The molecule has 156 valence electrons. The average molecular weight is 435 g/mol.